The van der Waals surface area contributed by atoms with E-state index in [-0.39, 0.29) is 12.1 Å². The molecule has 1 aliphatic carbocycles. The number of hydrogen-bond donors (Lipinski definition) is 3. The van der Waals surface area contributed by atoms with E-state index >= 15 is 0 Å². The van der Waals surface area contributed by atoms with Gasteiger partial charge in [-0.25, -0.2) is 0 Å². The minimum Gasteiger partial charge on any atom is -0.354 e. The summed E-state index contributed by atoms with van der Waals surface area (Å²) in [6.45, 7) is 4.88. The van der Waals surface area contributed by atoms with Crippen molar-refractivity contribution >= 4 is 0 Å². The predicted molar refractivity (Wildman–Crippen MR) is 52.9 cm³/mol. The van der Waals surface area contributed by atoms with Crippen LogP contribution in [0.1, 0.15) is 13.3 Å². The molecule has 3 N–H and O–H groups in total. The zero-order valence-corrected chi connectivity index (χ0v) is 8.30. The van der Waals surface area contributed by atoms with Gasteiger partial charge in [0, 0.05) is 18.5 Å². The minimum atomic E-state index is -2.06. The molecule has 0 aliphatic heterocycles. The molecule has 0 saturated carbocycles. The Morgan fingerprint density at radius 1 is 1.73 bits per heavy atom. The summed E-state index contributed by atoms with van der Waals surface area (Å²) in [6, 6.07) is 0. The van der Waals surface area contributed by atoms with Crippen molar-refractivity contribution < 1.29 is 15.1 Å². The van der Waals surface area contributed by atoms with Crippen LogP contribution in [0.25, 0.3) is 0 Å². The third kappa shape index (κ3) is 3.43. The van der Waals surface area contributed by atoms with Gasteiger partial charge in [0.1, 0.15) is 0 Å². The summed E-state index contributed by atoms with van der Waals surface area (Å²) in [5, 5.41) is 31.1. The van der Waals surface area contributed by atoms with Gasteiger partial charge in [0.15, 0.2) is 0 Å². The van der Waals surface area contributed by atoms with Crippen LogP contribution in [0.3, 0.4) is 0 Å². The molecule has 0 saturated heterocycles. The fourth-order valence-corrected chi connectivity index (χ4v) is 1.37. The highest BCUT2D eigenvalue weighted by molar-refractivity contribution is 5.26. The van der Waals surface area contributed by atoms with Crippen LogP contribution in [-0.4, -0.2) is 26.6 Å². The molecule has 0 aromatic rings. The van der Waals surface area contributed by atoms with Gasteiger partial charge in [-0.1, -0.05) is 6.08 Å². The van der Waals surface area contributed by atoms with E-state index in [0.29, 0.717) is 0 Å². The lowest BCUT2D eigenvalue weighted by atomic mass is 9.92. The molecule has 0 fully saturated rings. The van der Waals surface area contributed by atoms with Crippen molar-refractivity contribution in [2.24, 2.45) is 0 Å². The van der Waals surface area contributed by atoms with Crippen LogP contribution in [0.4, 0.5) is 0 Å². The van der Waals surface area contributed by atoms with Gasteiger partial charge >= 0.3 is 0 Å². The van der Waals surface area contributed by atoms with Crippen LogP contribution in [0.15, 0.2) is 23.9 Å². The largest absolute Gasteiger partial charge is 0.354 e. The Morgan fingerprint density at radius 3 is 2.67 bits per heavy atom. The van der Waals surface area contributed by atoms with Gasteiger partial charge in [-0.15, -0.1) is 0 Å². The van der Waals surface area contributed by atoms with Crippen LogP contribution in [0.5, 0.6) is 0 Å². The Morgan fingerprint density at radius 2 is 2.33 bits per heavy atom. The average molecular weight is 213 g/mol. The monoisotopic (exact) mass is 213 g/mol. The molecule has 0 aromatic carbocycles. The number of allylic oxidation sites excluding steroid dienone is 1. The molecule has 1 aliphatic rings. The van der Waals surface area contributed by atoms with Crippen molar-refractivity contribution in [2.45, 2.75) is 24.8 Å². The van der Waals surface area contributed by atoms with Crippen LogP contribution in [-0.2, 0) is 0 Å². The third-order valence-electron chi connectivity index (χ3n) is 1.95. The fraction of sp³-hybridized carbons (Fsp3) is 0.444. The molecule has 0 bridgehead atoms. The highest BCUT2D eigenvalue weighted by atomic mass is 16.6. The highest BCUT2D eigenvalue weighted by Gasteiger charge is 2.31. The molecule has 1 atom stereocenters. The van der Waals surface area contributed by atoms with E-state index in [1.165, 1.54) is 18.2 Å². The first kappa shape index (κ1) is 11.8. The SMILES string of the molecule is [CH2]C1(NC(C)(O)O)C=CC([N+](=O)[O-])=CC1. The molecule has 6 nitrogen and oxygen atoms in total. The molecule has 0 aromatic heterocycles. The highest BCUT2D eigenvalue weighted by Crippen LogP contribution is 2.22. The molecular weight excluding hydrogens is 200 g/mol. The molecule has 15 heavy (non-hydrogen) atoms. The number of rotatable bonds is 3. The minimum absolute atomic E-state index is 0.0198. The van der Waals surface area contributed by atoms with Crippen molar-refractivity contribution in [2.75, 3.05) is 0 Å². The average Bonchev–Trinajstić information content (AvgIpc) is 2.00. The third-order valence-corrected chi connectivity index (χ3v) is 1.95. The van der Waals surface area contributed by atoms with Gasteiger partial charge in [-0.3, -0.25) is 15.4 Å². The van der Waals surface area contributed by atoms with Crippen molar-refractivity contribution in [3.05, 3.63) is 41.0 Å². The van der Waals surface area contributed by atoms with Crippen molar-refractivity contribution in [3.63, 3.8) is 0 Å². The summed E-state index contributed by atoms with van der Waals surface area (Å²) in [6.07, 6.45) is 4.33. The van der Waals surface area contributed by atoms with Crippen LogP contribution < -0.4 is 5.32 Å². The molecule has 0 heterocycles. The van der Waals surface area contributed by atoms with Gasteiger partial charge in [0.05, 0.1) is 4.92 Å². The second kappa shape index (κ2) is 3.73. The molecule has 0 spiro atoms. The second-order valence-electron chi connectivity index (χ2n) is 3.73. The van der Waals surface area contributed by atoms with E-state index in [1.54, 1.807) is 0 Å². The first-order chi connectivity index (χ1) is 6.72. The lowest BCUT2D eigenvalue weighted by Crippen LogP contribution is -2.54. The topological polar surface area (TPSA) is 95.6 Å². The van der Waals surface area contributed by atoms with Gasteiger partial charge in [0.2, 0.25) is 5.91 Å². The van der Waals surface area contributed by atoms with Gasteiger partial charge in [-0.05, 0) is 19.4 Å². The fourth-order valence-electron chi connectivity index (χ4n) is 1.37. The smallest absolute Gasteiger partial charge is 0.265 e. The molecule has 83 valence electrons. The number of aliphatic hydroxyl groups is 2. The Balaban J connectivity index is 2.72. The Kier molecular flexibility index (Phi) is 2.94. The Hall–Kier alpha value is -1.24. The predicted octanol–water partition coefficient (Wildman–Crippen LogP) is -0.0723. The summed E-state index contributed by atoms with van der Waals surface area (Å²) < 4.78 is 0. The van der Waals surface area contributed by atoms with Crippen LogP contribution in [0.2, 0.25) is 0 Å². The van der Waals surface area contributed by atoms with Crippen LogP contribution >= 0.6 is 0 Å². The Labute approximate surface area is 87.1 Å². The number of nitro groups is 1. The first-order valence-electron chi connectivity index (χ1n) is 4.35. The first-order valence-corrected chi connectivity index (χ1v) is 4.35. The van der Waals surface area contributed by atoms with E-state index in [4.69, 9.17) is 10.2 Å². The molecule has 6 heteroatoms. The zero-order chi connectivity index (χ0) is 11.7. The van der Waals surface area contributed by atoms with E-state index in [2.05, 4.69) is 12.2 Å². The summed E-state index contributed by atoms with van der Waals surface area (Å²) in [5.74, 6) is -2.06. The van der Waals surface area contributed by atoms with Crippen LogP contribution in [0, 0.1) is 17.0 Å². The number of nitrogens with one attached hydrogen (secondary N) is 1. The summed E-state index contributed by atoms with van der Waals surface area (Å²) in [5.41, 5.74) is -0.953. The molecule has 0 amide bonds. The molecule has 1 unspecified atom stereocenters. The van der Waals surface area contributed by atoms with Gasteiger partial charge < -0.3 is 10.2 Å². The van der Waals surface area contributed by atoms with E-state index in [9.17, 15) is 10.1 Å². The summed E-state index contributed by atoms with van der Waals surface area (Å²) in [4.78, 5) is 9.89. The van der Waals surface area contributed by atoms with E-state index in [0.717, 1.165) is 6.92 Å². The van der Waals surface area contributed by atoms with E-state index in [1.807, 2.05) is 0 Å². The van der Waals surface area contributed by atoms with Crippen molar-refractivity contribution in [1.29, 1.82) is 0 Å². The van der Waals surface area contributed by atoms with Gasteiger partial charge in [0.25, 0.3) is 5.70 Å². The van der Waals surface area contributed by atoms with Gasteiger partial charge in [-0.2, -0.15) is 0 Å². The Bertz CT molecular complexity index is 329. The standard InChI is InChI=1S/C9H13N2O4/c1-8(10-9(2,12)13)5-3-7(4-6-8)11(14)15/h3-5,10,12-13H,1,6H2,2H3. The summed E-state index contributed by atoms with van der Waals surface area (Å²) >= 11 is 0. The maximum atomic E-state index is 10.4. The molecule has 1 rings (SSSR count). The van der Waals surface area contributed by atoms with Crippen molar-refractivity contribution in [1.82, 2.24) is 5.32 Å². The lowest BCUT2D eigenvalue weighted by Gasteiger charge is -2.33. The molecule has 1 radical (unpaired) electrons. The number of hydrogen-bond acceptors (Lipinski definition) is 5. The zero-order valence-electron chi connectivity index (χ0n) is 8.30. The second-order valence-corrected chi connectivity index (χ2v) is 3.73. The lowest BCUT2D eigenvalue weighted by molar-refractivity contribution is -0.419. The summed E-state index contributed by atoms with van der Waals surface area (Å²) in [7, 11) is 0. The van der Waals surface area contributed by atoms with E-state index < -0.39 is 16.4 Å². The number of nitrogens with zero attached hydrogens (tertiary/aromatic N) is 1. The normalized spacial score (nSPS) is 26.3. The van der Waals surface area contributed by atoms with Crippen molar-refractivity contribution in [3.8, 4) is 0 Å². The maximum Gasteiger partial charge on any atom is 0.265 e. The maximum absolute atomic E-state index is 10.4. The quantitative estimate of drug-likeness (QED) is 0.346. The molecular formula is C9H13N2O4.